The summed E-state index contributed by atoms with van der Waals surface area (Å²) in [5, 5.41) is 4.14. The second-order valence-corrected chi connectivity index (χ2v) is 17.8. The minimum Gasteiger partial charge on any atom is -0.301 e. The van der Waals surface area contributed by atoms with Crippen molar-refractivity contribution >= 4 is 13.8 Å². The van der Waals surface area contributed by atoms with Crippen molar-refractivity contribution in [1.82, 2.24) is 9.88 Å². The van der Waals surface area contributed by atoms with Gasteiger partial charge in [-0.2, -0.15) is 0 Å². The van der Waals surface area contributed by atoms with E-state index in [0.717, 1.165) is 6.42 Å². The fraction of sp³-hybridized carbons (Fsp3) is 0.471. The number of nitrogens with one attached hydrogen (secondary N) is 1. The molecule has 1 aromatic carbocycles. The van der Waals surface area contributed by atoms with Crippen molar-refractivity contribution in [2.45, 2.75) is 76.4 Å². The molecule has 1 N–H and O–H groups in total. The van der Waals surface area contributed by atoms with Crippen molar-refractivity contribution in [2.75, 3.05) is 0 Å². The molecular weight excluding hydrogens is 464 g/mol. The molecule has 37 heavy (non-hydrogen) atoms. The molecule has 0 radical (unpaired) electrons. The summed E-state index contributed by atoms with van der Waals surface area (Å²) in [6.45, 7) is 14.6. The van der Waals surface area contributed by atoms with Crippen LogP contribution in [-0.2, 0) is 5.41 Å². The van der Waals surface area contributed by atoms with Crippen LogP contribution in [0.25, 0.3) is 5.57 Å². The fourth-order valence-corrected chi connectivity index (χ4v) is 13.2. The fourth-order valence-electron chi connectivity index (χ4n) is 8.29. The predicted molar refractivity (Wildman–Crippen MR) is 161 cm³/mol. The van der Waals surface area contributed by atoms with Crippen molar-refractivity contribution in [3.05, 3.63) is 102 Å². The Balaban J connectivity index is 1.34. The number of nitrogens with zero attached hydrogens (tertiary/aromatic N) is 1. The van der Waals surface area contributed by atoms with Crippen LogP contribution in [-0.4, -0.2) is 31.1 Å². The highest BCUT2D eigenvalue weighted by Gasteiger charge is 2.59. The van der Waals surface area contributed by atoms with Crippen LogP contribution in [0.2, 0.25) is 18.6 Å². The molecule has 0 bridgehead atoms. The lowest BCUT2D eigenvalue weighted by molar-refractivity contribution is 0.312. The van der Waals surface area contributed by atoms with E-state index < -0.39 is 8.24 Å². The van der Waals surface area contributed by atoms with E-state index in [1.807, 2.05) is 0 Å². The van der Waals surface area contributed by atoms with Gasteiger partial charge in [0.15, 0.2) is 0 Å². The number of hydrogen-bond donors (Lipinski definition) is 1. The van der Waals surface area contributed by atoms with Crippen molar-refractivity contribution in [2.24, 2.45) is 23.7 Å². The molecular formula is C34H44N2Si. The molecule has 7 atom stereocenters. The van der Waals surface area contributed by atoms with Gasteiger partial charge in [-0.1, -0.05) is 132 Å². The van der Waals surface area contributed by atoms with E-state index in [9.17, 15) is 0 Å². The summed E-state index contributed by atoms with van der Waals surface area (Å²) in [6, 6.07) is 10.1. The molecule has 0 spiro atoms. The van der Waals surface area contributed by atoms with Gasteiger partial charge in [0.05, 0.1) is 12.2 Å². The first-order valence-corrected chi connectivity index (χ1v) is 17.5. The van der Waals surface area contributed by atoms with Crippen LogP contribution in [0, 0.1) is 23.7 Å². The average molecular weight is 509 g/mol. The largest absolute Gasteiger partial charge is 0.301 e. The molecule has 6 rings (SSSR count). The van der Waals surface area contributed by atoms with Crippen LogP contribution in [0.4, 0.5) is 0 Å². The van der Waals surface area contributed by atoms with E-state index >= 15 is 0 Å². The lowest BCUT2D eigenvalue weighted by atomic mass is 9.83. The molecule has 5 unspecified atom stereocenters. The Hall–Kier alpha value is -2.20. The summed E-state index contributed by atoms with van der Waals surface area (Å²) >= 11 is 0. The number of benzene rings is 1. The predicted octanol–water partition coefficient (Wildman–Crippen LogP) is 7.62. The van der Waals surface area contributed by atoms with E-state index in [2.05, 4.69) is 142 Å². The van der Waals surface area contributed by atoms with E-state index in [4.69, 9.17) is 0 Å². The van der Waals surface area contributed by atoms with Gasteiger partial charge in [-0.15, -0.1) is 0 Å². The van der Waals surface area contributed by atoms with Crippen LogP contribution in [0.5, 0.6) is 0 Å². The highest BCUT2D eigenvalue weighted by atomic mass is 28.3. The number of allylic oxidation sites excluding steroid dienone is 10. The zero-order chi connectivity index (χ0) is 25.9. The molecule has 3 heteroatoms. The topological polar surface area (TPSA) is 15.3 Å². The molecule has 0 amide bonds. The van der Waals surface area contributed by atoms with Crippen molar-refractivity contribution in [1.29, 1.82) is 0 Å². The van der Waals surface area contributed by atoms with Crippen LogP contribution >= 0.6 is 0 Å². The normalized spacial score (nSPS) is 36.4. The Labute approximate surface area is 225 Å². The summed E-state index contributed by atoms with van der Waals surface area (Å²) in [5.74, 6) is 2.55. The summed E-state index contributed by atoms with van der Waals surface area (Å²) < 4.78 is 2.99. The molecule has 0 aromatic heterocycles. The second kappa shape index (κ2) is 9.22. The maximum Gasteiger partial charge on any atom is 0.129 e. The molecule has 1 heterocycles. The first-order chi connectivity index (χ1) is 17.7. The first-order valence-electron chi connectivity index (χ1n) is 14.5. The molecule has 5 aliphatic rings. The number of fused-ring (bicyclic) bond motifs is 4. The highest BCUT2D eigenvalue weighted by molar-refractivity contribution is 6.76. The standard InChI is InChI=1S/C34H44N2Si/c1-7-31-35-32-25(23-19-21-24(22-20-23)34(2,3)4)17-12-18-30(32)36(31)37(5,6)33-28-15-10-8-13-26(28)27-14-9-11-16-29(27)33/h8-22,26-33,35H,7H2,1-6H3/t26?,27?,28?,29?,30-,31+,32?,33?/m1/s1. The summed E-state index contributed by atoms with van der Waals surface area (Å²) in [5.41, 5.74) is 5.08. The van der Waals surface area contributed by atoms with Gasteiger partial charge < -0.3 is 4.57 Å². The Morgan fingerprint density at radius 1 is 0.784 bits per heavy atom. The molecule has 1 aliphatic heterocycles. The quantitative estimate of drug-likeness (QED) is 0.421. The van der Waals surface area contributed by atoms with Gasteiger partial charge in [0, 0.05) is 6.04 Å². The van der Waals surface area contributed by atoms with Gasteiger partial charge in [0.1, 0.15) is 8.24 Å². The van der Waals surface area contributed by atoms with Crippen LogP contribution in [0.3, 0.4) is 0 Å². The monoisotopic (exact) mass is 508 g/mol. The van der Waals surface area contributed by atoms with Crippen LogP contribution < -0.4 is 5.32 Å². The van der Waals surface area contributed by atoms with E-state index in [1.165, 1.54) is 16.7 Å². The molecule has 1 saturated carbocycles. The van der Waals surface area contributed by atoms with Crippen molar-refractivity contribution in [3.8, 4) is 0 Å². The molecule has 1 aromatic rings. The minimum absolute atomic E-state index is 0.176. The third kappa shape index (κ3) is 4.05. The number of hydrogen-bond acceptors (Lipinski definition) is 2. The van der Waals surface area contributed by atoms with Crippen LogP contribution in [0.15, 0.2) is 91.1 Å². The Kier molecular flexibility index (Phi) is 6.25. The maximum atomic E-state index is 4.14. The van der Waals surface area contributed by atoms with Gasteiger partial charge in [-0.25, -0.2) is 0 Å². The van der Waals surface area contributed by atoms with Gasteiger partial charge in [0.25, 0.3) is 0 Å². The second-order valence-electron chi connectivity index (χ2n) is 13.3. The van der Waals surface area contributed by atoms with E-state index in [1.54, 1.807) is 0 Å². The average Bonchev–Trinajstić information content (AvgIpc) is 3.45. The summed E-state index contributed by atoms with van der Waals surface area (Å²) in [6.07, 6.45) is 28.0. The maximum absolute atomic E-state index is 4.14. The summed E-state index contributed by atoms with van der Waals surface area (Å²) in [7, 11) is -1.89. The van der Waals surface area contributed by atoms with Gasteiger partial charge in [0.2, 0.25) is 0 Å². The Morgan fingerprint density at radius 2 is 1.35 bits per heavy atom. The van der Waals surface area contributed by atoms with E-state index in [-0.39, 0.29) is 5.41 Å². The van der Waals surface area contributed by atoms with Crippen LogP contribution in [0.1, 0.15) is 45.2 Å². The first kappa shape index (κ1) is 25.1. The molecule has 2 fully saturated rings. The lowest BCUT2D eigenvalue weighted by Gasteiger charge is -2.48. The molecule has 2 nitrogen and oxygen atoms in total. The third-order valence-electron chi connectivity index (χ3n) is 9.96. The molecule has 4 aliphatic carbocycles. The van der Waals surface area contributed by atoms with Crippen molar-refractivity contribution in [3.63, 3.8) is 0 Å². The van der Waals surface area contributed by atoms with Gasteiger partial charge in [-0.05, 0) is 57.7 Å². The van der Waals surface area contributed by atoms with Gasteiger partial charge in [-0.3, -0.25) is 5.32 Å². The van der Waals surface area contributed by atoms with E-state index in [0.29, 0.717) is 47.5 Å². The minimum atomic E-state index is -1.89. The zero-order valence-electron chi connectivity index (χ0n) is 23.4. The number of rotatable bonds is 4. The highest BCUT2D eigenvalue weighted by Crippen LogP contribution is 2.59. The molecule has 1 saturated heterocycles. The lowest BCUT2D eigenvalue weighted by Crippen LogP contribution is -2.60. The zero-order valence-corrected chi connectivity index (χ0v) is 24.4. The SMILES string of the molecule is CC[C@H]1NC2C(c3ccc(C(C)(C)C)cc3)=CC=C[C@H]2N1[Si](C)(C)C1C2C=CC=CC2C2C=CC=CC21. The molecule has 194 valence electrons. The smallest absolute Gasteiger partial charge is 0.129 e. The Bertz CT molecular complexity index is 1170. The van der Waals surface area contributed by atoms with Gasteiger partial charge >= 0.3 is 0 Å². The van der Waals surface area contributed by atoms with Crippen molar-refractivity contribution < 1.29 is 0 Å². The third-order valence-corrected chi connectivity index (χ3v) is 14.3. The Morgan fingerprint density at radius 3 is 1.89 bits per heavy atom. The summed E-state index contributed by atoms with van der Waals surface area (Å²) in [4.78, 5) is 0.